The number of nitrogens with one attached hydrogen (secondary N) is 2. The molecule has 0 aliphatic heterocycles. The van der Waals surface area contributed by atoms with Crippen LogP contribution >= 0.6 is 23.4 Å². The fourth-order valence-corrected chi connectivity index (χ4v) is 3.17. The first-order chi connectivity index (χ1) is 13.0. The van der Waals surface area contributed by atoms with Crippen LogP contribution in [-0.2, 0) is 11.3 Å². The Labute approximate surface area is 168 Å². The minimum Gasteiger partial charge on any atom is -0.497 e. The van der Waals surface area contributed by atoms with Crippen molar-refractivity contribution >= 4 is 35.2 Å². The van der Waals surface area contributed by atoms with Gasteiger partial charge in [0.1, 0.15) is 11.8 Å². The van der Waals surface area contributed by atoms with Crippen LogP contribution in [0, 0.1) is 0 Å². The van der Waals surface area contributed by atoms with Gasteiger partial charge in [0, 0.05) is 6.54 Å². The van der Waals surface area contributed by atoms with Crippen LogP contribution in [0.4, 0.5) is 0 Å². The molecule has 2 aromatic rings. The zero-order chi connectivity index (χ0) is 19.6. The molecule has 27 heavy (non-hydrogen) atoms. The molecule has 0 aliphatic rings. The molecule has 2 rings (SSSR count). The standard InChI is InChI=1S/C20H23ClN2O3S/c1-26-15-7-5-6-14(12-15)13-22-20(25)18(10-11-27-2)23-19(24)16-8-3-4-9-17(16)21/h3-9,12,18H,10-11,13H2,1-2H3,(H,22,25)(H,23,24). The van der Waals surface area contributed by atoms with E-state index in [1.807, 2.05) is 30.5 Å². The Morgan fingerprint density at radius 2 is 1.96 bits per heavy atom. The first-order valence-electron chi connectivity index (χ1n) is 8.50. The highest BCUT2D eigenvalue weighted by Crippen LogP contribution is 2.15. The molecule has 0 heterocycles. The average Bonchev–Trinajstić information content (AvgIpc) is 2.69. The lowest BCUT2D eigenvalue weighted by atomic mass is 10.1. The molecule has 0 bridgehead atoms. The van der Waals surface area contributed by atoms with E-state index >= 15 is 0 Å². The van der Waals surface area contributed by atoms with Crippen molar-refractivity contribution < 1.29 is 14.3 Å². The van der Waals surface area contributed by atoms with Crippen LogP contribution in [0.3, 0.4) is 0 Å². The van der Waals surface area contributed by atoms with Crippen LogP contribution in [0.5, 0.6) is 5.75 Å². The third-order valence-electron chi connectivity index (χ3n) is 3.95. The second-order valence-corrected chi connectivity index (χ2v) is 7.25. The molecule has 7 heteroatoms. The molecule has 0 aromatic heterocycles. The van der Waals surface area contributed by atoms with Gasteiger partial charge in [-0.15, -0.1) is 0 Å². The molecule has 0 saturated heterocycles. The molecule has 144 valence electrons. The van der Waals surface area contributed by atoms with E-state index in [4.69, 9.17) is 16.3 Å². The zero-order valence-electron chi connectivity index (χ0n) is 15.3. The monoisotopic (exact) mass is 406 g/mol. The van der Waals surface area contributed by atoms with Crippen molar-refractivity contribution in [1.82, 2.24) is 10.6 Å². The van der Waals surface area contributed by atoms with Gasteiger partial charge in [0.2, 0.25) is 5.91 Å². The molecule has 0 saturated carbocycles. The topological polar surface area (TPSA) is 67.4 Å². The second-order valence-electron chi connectivity index (χ2n) is 5.86. The number of rotatable bonds is 9. The summed E-state index contributed by atoms with van der Waals surface area (Å²) >= 11 is 7.70. The zero-order valence-corrected chi connectivity index (χ0v) is 16.9. The van der Waals surface area contributed by atoms with Crippen molar-refractivity contribution in [2.24, 2.45) is 0 Å². The second kappa shape index (κ2) is 10.8. The van der Waals surface area contributed by atoms with Crippen molar-refractivity contribution in [3.05, 3.63) is 64.7 Å². The Kier molecular flexibility index (Phi) is 8.48. The minimum absolute atomic E-state index is 0.229. The molecule has 5 nitrogen and oxygen atoms in total. The fourth-order valence-electron chi connectivity index (χ4n) is 2.48. The lowest BCUT2D eigenvalue weighted by Gasteiger charge is -2.19. The van der Waals surface area contributed by atoms with E-state index in [1.54, 1.807) is 43.1 Å². The molecule has 0 radical (unpaired) electrons. The van der Waals surface area contributed by atoms with Crippen LogP contribution in [0.2, 0.25) is 5.02 Å². The van der Waals surface area contributed by atoms with E-state index in [0.29, 0.717) is 23.6 Å². The van der Waals surface area contributed by atoms with Crippen LogP contribution < -0.4 is 15.4 Å². The molecular formula is C20H23ClN2O3S. The third kappa shape index (κ3) is 6.48. The summed E-state index contributed by atoms with van der Waals surface area (Å²) in [6.45, 7) is 0.355. The maximum absolute atomic E-state index is 12.6. The first-order valence-corrected chi connectivity index (χ1v) is 10.3. The lowest BCUT2D eigenvalue weighted by molar-refractivity contribution is -0.123. The molecule has 0 fully saturated rings. The molecule has 1 atom stereocenters. The van der Waals surface area contributed by atoms with Crippen LogP contribution in [0.15, 0.2) is 48.5 Å². The molecule has 2 aromatic carbocycles. The summed E-state index contributed by atoms with van der Waals surface area (Å²) in [5.74, 6) is 0.892. The van der Waals surface area contributed by atoms with Crippen LogP contribution in [0.1, 0.15) is 22.3 Å². The summed E-state index contributed by atoms with van der Waals surface area (Å²) in [5.41, 5.74) is 1.28. The molecule has 2 N–H and O–H groups in total. The number of carbonyl (C=O) groups is 2. The highest BCUT2D eigenvalue weighted by Gasteiger charge is 2.22. The van der Waals surface area contributed by atoms with Gasteiger partial charge in [-0.25, -0.2) is 0 Å². The molecule has 2 amide bonds. The van der Waals surface area contributed by atoms with Gasteiger partial charge < -0.3 is 15.4 Å². The van der Waals surface area contributed by atoms with Gasteiger partial charge in [-0.3, -0.25) is 9.59 Å². The number of benzene rings is 2. The predicted molar refractivity (Wildman–Crippen MR) is 111 cm³/mol. The number of ether oxygens (including phenoxy) is 1. The van der Waals surface area contributed by atoms with E-state index in [2.05, 4.69) is 10.6 Å². The largest absolute Gasteiger partial charge is 0.497 e. The number of halogens is 1. The van der Waals surface area contributed by atoms with E-state index in [1.165, 1.54) is 0 Å². The molecular weight excluding hydrogens is 384 g/mol. The third-order valence-corrected chi connectivity index (χ3v) is 4.93. The maximum atomic E-state index is 12.6. The number of thioether (sulfide) groups is 1. The van der Waals surface area contributed by atoms with E-state index in [9.17, 15) is 9.59 Å². The lowest BCUT2D eigenvalue weighted by Crippen LogP contribution is -2.47. The van der Waals surface area contributed by atoms with Crippen molar-refractivity contribution in [2.45, 2.75) is 19.0 Å². The van der Waals surface area contributed by atoms with Gasteiger partial charge in [-0.2, -0.15) is 11.8 Å². The smallest absolute Gasteiger partial charge is 0.253 e. The van der Waals surface area contributed by atoms with Gasteiger partial charge in [0.15, 0.2) is 0 Å². The van der Waals surface area contributed by atoms with Gasteiger partial charge >= 0.3 is 0 Å². The maximum Gasteiger partial charge on any atom is 0.253 e. The summed E-state index contributed by atoms with van der Waals surface area (Å²) in [7, 11) is 1.60. The Morgan fingerprint density at radius 3 is 2.67 bits per heavy atom. The van der Waals surface area contributed by atoms with E-state index in [-0.39, 0.29) is 11.8 Å². The van der Waals surface area contributed by atoms with E-state index < -0.39 is 6.04 Å². The number of hydrogen-bond acceptors (Lipinski definition) is 4. The SMILES string of the molecule is COc1cccc(CNC(=O)C(CCSC)NC(=O)c2ccccc2Cl)c1. The predicted octanol–water partition coefficient (Wildman–Crippen LogP) is 3.52. The summed E-state index contributed by atoms with van der Waals surface area (Å²) in [4.78, 5) is 25.1. The van der Waals surface area contributed by atoms with Gasteiger partial charge in [-0.1, -0.05) is 35.9 Å². The van der Waals surface area contributed by atoms with Crippen molar-refractivity contribution in [2.75, 3.05) is 19.1 Å². The van der Waals surface area contributed by atoms with Gasteiger partial charge in [0.05, 0.1) is 17.7 Å². The number of carbonyl (C=O) groups excluding carboxylic acids is 2. The number of hydrogen-bond donors (Lipinski definition) is 2. The van der Waals surface area contributed by atoms with E-state index in [0.717, 1.165) is 17.1 Å². The molecule has 1 unspecified atom stereocenters. The van der Waals surface area contributed by atoms with Crippen LogP contribution in [-0.4, -0.2) is 37.0 Å². The Morgan fingerprint density at radius 1 is 1.19 bits per heavy atom. The fraction of sp³-hybridized carbons (Fsp3) is 0.300. The molecule has 0 aliphatic carbocycles. The summed E-state index contributed by atoms with van der Waals surface area (Å²) in [6.07, 6.45) is 2.49. The van der Waals surface area contributed by atoms with Gasteiger partial charge in [-0.05, 0) is 48.3 Å². The Hall–Kier alpha value is -2.18. The average molecular weight is 407 g/mol. The Bertz CT molecular complexity index is 785. The van der Waals surface area contributed by atoms with Crippen molar-refractivity contribution in [1.29, 1.82) is 0 Å². The normalized spacial score (nSPS) is 11.5. The van der Waals surface area contributed by atoms with Crippen molar-refractivity contribution in [3.8, 4) is 5.75 Å². The van der Waals surface area contributed by atoms with Crippen LogP contribution in [0.25, 0.3) is 0 Å². The van der Waals surface area contributed by atoms with Crippen molar-refractivity contribution in [3.63, 3.8) is 0 Å². The highest BCUT2D eigenvalue weighted by atomic mass is 35.5. The Balaban J connectivity index is 2.02. The summed E-state index contributed by atoms with van der Waals surface area (Å²) < 4.78 is 5.19. The summed E-state index contributed by atoms with van der Waals surface area (Å²) in [5, 5.41) is 6.03. The summed E-state index contributed by atoms with van der Waals surface area (Å²) in [6, 6.07) is 13.6. The minimum atomic E-state index is -0.633. The quantitative estimate of drug-likeness (QED) is 0.668. The number of amides is 2. The number of methoxy groups -OCH3 is 1. The van der Waals surface area contributed by atoms with Gasteiger partial charge in [0.25, 0.3) is 5.91 Å². The highest BCUT2D eigenvalue weighted by molar-refractivity contribution is 7.98. The first kappa shape index (κ1) is 21.1. The molecule has 0 spiro atoms.